The fourth-order valence-electron chi connectivity index (χ4n) is 2.48. The van der Waals surface area contributed by atoms with Crippen LogP contribution >= 0.6 is 0 Å². The number of hydrogen-bond donors (Lipinski definition) is 2. The Balaban J connectivity index is 1.80. The Hall–Kier alpha value is -2.08. The van der Waals surface area contributed by atoms with Crippen molar-refractivity contribution in [1.29, 1.82) is 0 Å². The highest BCUT2D eigenvalue weighted by atomic mass is 16.2. The molecular weight excluding hydrogens is 242 g/mol. The molecule has 1 fully saturated rings. The molecule has 1 aliphatic heterocycles. The molecule has 0 atom stereocenters. The molecule has 3 rings (SSSR count). The molecular formula is C13H17N5O. The number of pyridine rings is 1. The summed E-state index contributed by atoms with van der Waals surface area (Å²) < 4.78 is 1.81. The quantitative estimate of drug-likeness (QED) is 0.826. The van der Waals surface area contributed by atoms with Gasteiger partial charge in [0.05, 0.1) is 5.56 Å². The van der Waals surface area contributed by atoms with Crippen LogP contribution in [0.15, 0.2) is 24.7 Å². The maximum atomic E-state index is 12.4. The maximum absolute atomic E-state index is 12.4. The molecule has 1 aliphatic rings. The third kappa shape index (κ3) is 2.04. The van der Waals surface area contributed by atoms with Crippen LogP contribution in [0.5, 0.6) is 0 Å². The standard InChI is InChI=1S/C13H17N5O/c1-15-5-9-6-18(7-9)13(19)10-8-17-3-2-16-12(17)4-11(10)14/h2-4,8-9,15H,5-7,14H2,1H3. The molecule has 0 aromatic carbocycles. The van der Waals surface area contributed by atoms with Crippen LogP contribution in [0, 0.1) is 5.92 Å². The van der Waals surface area contributed by atoms with Crippen molar-refractivity contribution in [1.82, 2.24) is 19.6 Å². The zero-order valence-corrected chi connectivity index (χ0v) is 10.8. The first kappa shape index (κ1) is 12.0. The van der Waals surface area contributed by atoms with Crippen LogP contribution in [-0.4, -0.2) is 46.9 Å². The van der Waals surface area contributed by atoms with Gasteiger partial charge in [0.15, 0.2) is 0 Å². The summed E-state index contributed by atoms with van der Waals surface area (Å²) in [6.45, 7) is 2.53. The molecule has 19 heavy (non-hydrogen) atoms. The number of aromatic nitrogens is 2. The SMILES string of the molecule is CNCC1CN(C(=O)c2cn3ccnc3cc2N)C1. The average Bonchev–Trinajstić information content (AvgIpc) is 2.78. The summed E-state index contributed by atoms with van der Waals surface area (Å²) in [6.07, 6.45) is 5.26. The molecule has 0 unspecified atom stereocenters. The van der Waals surface area contributed by atoms with Crippen molar-refractivity contribution in [2.75, 3.05) is 32.4 Å². The van der Waals surface area contributed by atoms with E-state index in [2.05, 4.69) is 10.3 Å². The summed E-state index contributed by atoms with van der Waals surface area (Å²) in [5, 5.41) is 3.13. The van der Waals surface area contributed by atoms with E-state index >= 15 is 0 Å². The summed E-state index contributed by atoms with van der Waals surface area (Å²) in [5.74, 6) is 0.549. The van der Waals surface area contributed by atoms with Gasteiger partial charge in [0.25, 0.3) is 5.91 Å². The third-order valence-corrected chi connectivity index (χ3v) is 3.53. The normalized spacial score (nSPS) is 15.7. The van der Waals surface area contributed by atoms with Crippen LogP contribution in [-0.2, 0) is 0 Å². The lowest BCUT2D eigenvalue weighted by atomic mass is 9.99. The number of nitrogen functional groups attached to an aromatic ring is 1. The monoisotopic (exact) mass is 259 g/mol. The van der Waals surface area contributed by atoms with Crippen molar-refractivity contribution in [2.45, 2.75) is 0 Å². The summed E-state index contributed by atoms with van der Waals surface area (Å²) in [4.78, 5) is 18.3. The first-order valence-corrected chi connectivity index (χ1v) is 6.35. The molecule has 0 bridgehead atoms. The molecule has 6 nitrogen and oxygen atoms in total. The van der Waals surface area contributed by atoms with E-state index in [-0.39, 0.29) is 5.91 Å². The smallest absolute Gasteiger partial charge is 0.257 e. The Kier molecular flexibility index (Phi) is 2.87. The molecule has 0 aliphatic carbocycles. The van der Waals surface area contributed by atoms with Crippen molar-refractivity contribution in [2.24, 2.45) is 5.92 Å². The van der Waals surface area contributed by atoms with Crippen LogP contribution < -0.4 is 11.1 Å². The molecule has 1 amide bonds. The lowest BCUT2D eigenvalue weighted by Gasteiger charge is -2.39. The Morgan fingerprint density at radius 1 is 1.58 bits per heavy atom. The minimum Gasteiger partial charge on any atom is -0.398 e. The van der Waals surface area contributed by atoms with Crippen molar-refractivity contribution in [3.05, 3.63) is 30.2 Å². The Bertz CT molecular complexity index is 615. The number of rotatable bonds is 3. The van der Waals surface area contributed by atoms with Gasteiger partial charge >= 0.3 is 0 Å². The molecule has 0 saturated carbocycles. The number of carbonyl (C=O) groups excluding carboxylic acids is 1. The van der Waals surface area contributed by atoms with Crippen molar-refractivity contribution < 1.29 is 4.79 Å². The molecule has 2 aromatic heterocycles. The second-order valence-corrected chi connectivity index (χ2v) is 4.97. The predicted molar refractivity (Wildman–Crippen MR) is 72.9 cm³/mol. The molecule has 3 N–H and O–H groups in total. The second kappa shape index (κ2) is 4.55. The number of nitrogens with one attached hydrogen (secondary N) is 1. The minimum absolute atomic E-state index is 0.000420. The molecule has 1 saturated heterocycles. The largest absolute Gasteiger partial charge is 0.398 e. The second-order valence-electron chi connectivity index (χ2n) is 4.97. The number of anilines is 1. The molecule has 2 aromatic rings. The number of fused-ring (bicyclic) bond motifs is 1. The van der Waals surface area contributed by atoms with E-state index in [1.807, 2.05) is 22.5 Å². The number of nitrogens with two attached hydrogens (primary N) is 1. The number of hydrogen-bond acceptors (Lipinski definition) is 4. The summed E-state index contributed by atoms with van der Waals surface area (Å²) >= 11 is 0. The lowest BCUT2D eigenvalue weighted by Crippen LogP contribution is -2.53. The Morgan fingerprint density at radius 2 is 2.37 bits per heavy atom. The highest BCUT2D eigenvalue weighted by molar-refractivity contribution is 5.99. The molecule has 6 heteroatoms. The van der Waals surface area contributed by atoms with Crippen LogP contribution in [0.2, 0.25) is 0 Å². The van der Waals surface area contributed by atoms with E-state index in [0.29, 0.717) is 17.2 Å². The van der Waals surface area contributed by atoms with Gasteiger partial charge in [-0.05, 0) is 7.05 Å². The fraction of sp³-hybridized carbons (Fsp3) is 0.385. The Morgan fingerprint density at radius 3 is 3.11 bits per heavy atom. The number of likely N-dealkylation sites (tertiary alicyclic amines) is 1. The third-order valence-electron chi connectivity index (χ3n) is 3.53. The summed E-state index contributed by atoms with van der Waals surface area (Å²) in [6, 6.07) is 1.73. The van der Waals surface area contributed by atoms with Gasteiger partial charge < -0.3 is 20.4 Å². The number of amides is 1. The van der Waals surface area contributed by atoms with E-state index in [9.17, 15) is 4.79 Å². The van der Waals surface area contributed by atoms with E-state index < -0.39 is 0 Å². The number of nitrogens with zero attached hydrogens (tertiary/aromatic N) is 3. The first-order chi connectivity index (χ1) is 9.19. The van der Waals surface area contributed by atoms with Crippen LogP contribution in [0.25, 0.3) is 5.65 Å². The van der Waals surface area contributed by atoms with Gasteiger partial charge in [-0.25, -0.2) is 4.98 Å². The van der Waals surface area contributed by atoms with Crippen molar-refractivity contribution in [3.63, 3.8) is 0 Å². The minimum atomic E-state index is 0.000420. The fourth-order valence-corrected chi connectivity index (χ4v) is 2.48. The predicted octanol–water partition coefficient (Wildman–Crippen LogP) is 0.208. The van der Waals surface area contributed by atoms with Gasteiger partial charge in [-0.15, -0.1) is 0 Å². The first-order valence-electron chi connectivity index (χ1n) is 6.35. The maximum Gasteiger partial charge on any atom is 0.257 e. The van der Waals surface area contributed by atoms with Crippen molar-refractivity contribution >= 4 is 17.2 Å². The van der Waals surface area contributed by atoms with E-state index in [0.717, 1.165) is 25.3 Å². The molecule has 3 heterocycles. The van der Waals surface area contributed by atoms with Gasteiger partial charge in [-0.2, -0.15) is 0 Å². The number of carbonyl (C=O) groups is 1. The number of imidazole rings is 1. The van der Waals surface area contributed by atoms with Crippen LogP contribution in [0.4, 0.5) is 5.69 Å². The highest BCUT2D eigenvalue weighted by Crippen LogP contribution is 2.22. The Labute approximate surface area is 111 Å². The van der Waals surface area contributed by atoms with Gasteiger partial charge in [-0.3, -0.25) is 4.79 Å². The average molecular weight is 259 g/mol. The summed E-state index contributed by atoms with van der Waals surface area (Å²) in [5.41, 5.74) is 7.74. The van der Waals surface area contributed by atoms with Crippen LogP contribution in [0.3, 0.4) is 0 Å². The van der Waals surface area contributed by atoms with E-state index in [1.54, 1.807) is 18.5 Å². The molecule has 0 radical (unpaired) electrons. The van der Waals surface area contributed by atoms with Gasteiger partial charge in [-0.1, -0.05) is 0 Å². The van der Waals surface area contributed by atoms with Gasteiger partial charge in [0.1, 0.15) is 5.65 Å². The topological polar surface area (TPSA) is 75.7 Å². The van der Waals surface area contributed by atoms with E-state index in [4.69, 9.17) is 5.73 Å². The molecule has 0 spiro atoms. The lowest BCUT2D eigenvalue weighted by molar-refractivity contribution is 0.0504. The van der Waals surface area contributed by atoms with Crippen LogP contribution in [0.1, 0.15) is 10.4 Å². The molecule has 100 valence electrons. The summed E-state index contributed by atoms with van der Waals surface area (Å²) in [7, 11) is 1.93. The van der Waals surface area contributed by atoms with Gasteiger partial charge in [0, 0.05) is 55.9 Å². The zero-order chi connectivity index (χ0) is 13.4. The zero-order valence-electron chi connectivity index (χ0n) is 10.8. The highest BCUT2D eigenvalue weighted by Gasteiger charge is 2.31. The van der Waals surface area contributed by atoms with Gasteiger partial charge in [0.2, 0.25) is 0 Å². The van der Waals surface area contributed by atoms with E-state index in [1.165, 1.54) is 0 Å². The van der Waals surface area contributed by atoms with Crippen molar-refractivity contribution in [3.8, 4) is 0 Å².